The number of benzene rings is 1. The molecule has 21 heavy (non-hydrogen) atoms. The summed E-state index contributed by atoms with van der Waals surface area (Å²) in [6.45, 7) is 0.0250. The van der Waals surface area contributed by atoms with Crippen molar-refractivity contribution in [1.29, 1.82) is 0 Å². The first kappa shape index (κ1) is 14.1. The average Bonchev–Trinajstić information content (AvgIpc) is 2.91. The summed E-state index contributed by atoms with van der Waals surface area (Å²) in [5.74, 6) is 0.725. The van der Waals surface area contributed by atoms with E-state index in [-0.39, 0.29) is 6.67 Å². The Hall–Kier alpha value is -1.88. The molecule has 3 rings (SSSR count). The maximum atomic E-state index is 12.1. The number of ether oxygens (including phenoxy) is 1. The van der Waals surface area contributed by atoms with Gasteiger partial charge in [-0.25, -0.2) is 4.98 Å². The van der Waals surface area contributed by atoms with Gasteiger partial charge in [-0.2, -0.15) is 0 Å². The largest absolute Gasteiger partial charge is 0.493 e. The van der Waals surface area contributed by atoms with Crippen LogP contribution >= 0.6 is 15.9 Å². The van der Waals surface area contributed by atoms with Crippen molar-refractivity contribution in [2.45, 2.75) is 6.42 Å². The van der Waals surface area contributed by atoms with E-state index >= 15 is 0 Å². The highest BCUT2D eigenvalue weighted by atomic mass is 79.9. The lowest BCUT2D eigenvalue weighted by Crippen LogP contribution is -1.98. The minimum Gasteiger partial charge on any atom is -0.493 e. The quantitative estimate of drug-likeness (QED) is 0.634. The summed E-state index contributed by atoms with van der Waals surface area (Å²) in [4.78, 5) is 4.59. The minimum absolute atomic E-state index is 0.361. The molecular formula is C16H14BrFN2O. The molecule has 1 aromatic carbocycles. The molecule has 0 spiro atoms. The lowest BCUT2D eigenvalue weighted by molar-refractivity contribution is 0.289. The van der Waals surface area contributed by atoms with E-state index in [9.17, 15) is 4.39 Å². The van der Waals surface area contributed by atoms with Crippen LogP contribution in [0.15, 0.2) is 53.3 Å². The van der Waals surface area contributed by atoms with E-state index in [0.29, 0.717) is 13.0 Å². The Morgan fingerprint density at radius 2 is 2.14 bits per heavy atom. The number of nitrogens with zero attached hydrogens (tertiary/aromatic N) is 2. The number of aromatic nitrogens is 2. The molecule has 3 nitrogen and oxygen atoms in total. The molecule has 0 aliphatic carbocycles. The molecule has 2 aromatic heterocycles. The zero-order chi connectivity index (χ0) is 14.7. The average molecular weight is 349 g/mol. The van der Waals surface area contributed by atoms with Crippen LogP contribution in [0.4, 0.5) is 4.39 Å². The molecule has 0 saturated heterocycles. The number of alkyl halides is 1. The van der Waals surface area contributed by atoms with Crippen LogP contribution in [-0.2, 0) is 0 Å². The summed E-state index contributed by atoms with van der Waals surface area (Å²) in [7, 11) is 0. The molecule has 108 valence electrons. The lowest BCUT2D eigenvalue weighted by atomic mass is 10.1. The Bertz CT molecular complexity index is 724. The Kier molecular flexibility index (Phi) is 4.20. The number of hydrogen-bond acceptors (Lipinski definition) is 2. The molecule has 0 amide bonds. The van der Waals surface area contributed by atoms with E-state index in [0.717, 1.165) is 27.1 Å². The second-order valence-electron chi connectivity index (χ2n) is 4.62. The number of pyridine rings is 1. The van der Waals surface area contributed by atoms with Gasteiger partial charge in [0, 0.05) is 28.9 Å². The van der Waals surface area contributed by atoms with E-state index in [2.05, 4.69) is 20.9 Å². The molecule has 2 heterocycles. The van der Waals surface area contributed by atoms with Crippen LogP contribution in [0, 0.1) is 0 Å². The molecule has 0 unspecified atom stereocenters. The van der Waals surface area contributed by atoms with Gasteiger partial charge in [0.15, 0.2) is 0 Å². The van der Waals surface area contributed by atoms with Crippen molar-refractivity contribution in [3.05, 3.63) is 53.3 Å². The highest BCUT2D eigenvalue weighted by Gasteiger charge is 2.09. The fraction of sp³-hybridized carbons (Fsp3) is 0.188. The Morgan fingerprint density at radius 1 is 1.24 bits per heavy atom. The first-order valence-electron chi connectivity index (χ1n) is 6.70. The summed E-state index contributed by atoms with van der Waals surface area (Å²) in [5.41, 5.74) is 2.79. The van der Waals surface area contributed by atoms with Crippen molar-refractivity contribution in [3.63, 3.8) is 0 Å². The van der Waals surface area contributed by atoms with Crippen LogP contribution in [0.25, 0.3) is 16.9 Å². The molecule has 0 saturated carbocycles. The topological polar surface area (TPSA) is 26.5 Å². The third-order valence-corrected chi connectivity index (χ3v) is 3.78. The van der Waals surface area contributed by atoms with Gasteiger partial charge in [-0.3, -0.25) is 4.39 Å². The molecule has 5 heteroatoms. The first-order valence-corrected chi connectivity index (χ1v) is 7.49. The molecule has 0 aliphatic heterocycles. The van der Waals surface area contributed by atoms with Crippen molar-refractivity contribution in [1.82, 2.24) is 9.38 Å². The second kappa shape index (κ2) is 6.26. The summed E-state index contributed by atoms with van der Waals surface area (Å²) in [5, 5.41) is 0. The van der Waals surface area contributed by atoms with Crippen LogP contribution in [0.3, 0.4) is 0 Å². The van der Waals surface area contributed by atoms with Gasteiger partial charge in [0.05, 0.1) is 19.0 Å². The molecule has 0 fully saturated rings. The monoisotopic (exact) mass is 348 g/mol. The predicted octanol–water partition coefficient (Wildman–Crippen LogP) is 4.50. The molecular weight excluding hydrogens is 335 g/mol. The first-order chi connectivity index (χ1) is 10.3. The third kappa shape index (κ3) is 3.08. The zero-order valence-electron chi connectivity index (χ0n) is 11.3. The van der Waals surface area contributed by atoms with Crippen molar-refractivity contribution < 1.29 is 9.13 Å². The Balaban J connectivity index is 1.88. The van der Waals surface area contributed by atoms with Crippen LogP contribution in [-0.4, -0.2) is 22.7 Å². The van der Waals surface area contributed by atoms with Gasteiger partial charge < -0.3 is 9.14 Å². The van der Waals surface area contributed by atoms with E-state index < -0.39 is 0 Å². The van der Waals surface area contributed by atoms with E-state index in [1.807, 2.05) is 53.2 Å². The summed E-state index contributed by atoms with van der Waals surface area (Å²) in [6.07, 6.45) is 4.36. The molecule has 0 radical (unpaired) electrons. The van der Waals surface area contributed by atoms with Gasteiger partial charge in [0.2, 0.25) is 0 Å². The van der Waals surface area contributed by atoms with Gasteiger partial charge in [-0.05, 0) is 46.3 Å². The van der Waals surface area contributed by atoms with Crippen LogP contribution in [0.5, 0.6) is 5.75 Å². The van der Waals surface area contributed by atoms with Crippen molar-refractivity contribution in [2.24, 2.45) is 0 Å². The Labute approximate surface area is 130 Å². The fourth-order valence-electron chi connectivity index (χ4n) is 2.10. The minimum atomic E-state index is -0.361. The highest BCUT2D eigenvalue weighted by molar-refractivity contribution is 9.10. The number of fused-ring (bicyclic) bond motifs is 1. The fourth-order valence-corrected chi connectivity index (χ4v) is 2.66. The van der Waals surface area contributed by atoms with Gasteiger partial charge in [0.1, 0.15) is 11.4 Å². The molecule has 0 aliphatic rings. The molecule has 0 N–H and O–H groups in total. The smallest absolute Gasteiger partial charge is 0.137 e. The summed E-state index contributed by atoms with van der Waals surface area (Å²) < 4.78 is 20.4. The number of imidazole rings is 1. The van der Waals surface area contributed by atoms with Crippen LogP contribution in [0.1, 0.15) is 6.42 Å². The van der Waals surface area contributed by atoms with Gasteiger partial charge in [-0.15, -0.1) is 0 Å². The van der Waals surface area contributed by atoms with Crippen molar-refractivity contribution in [3.8, 4) is 17.0 Å². The maximum Gasteiger partial charge on any atom is 0.137 e. The van der Waals surface area contributed by atoms with Gasteiger partial charge in [-0.1, -0.05) is 6.07 Å². The van der Waals surface area contributed by atoms with Crippen LogP contribution < -0.4 is 4.74 Å². The maximum absolute atomic E-state index is 12.1. The Morgan fingerprint density at radius 3 is 2.90 bits per heavy atom. The molecule has 3 aromatic rings. The lowest BCUT2D eigenvalue weighted by Gasteiger charge is -2.07. The predicted molar refractivity (Wildman–Crippen MR) is 84.4 cm³/mol. The van der Waals surface area contributed by atoms with Gasteiger partial charge in [0.25, 0.3) is 0 Å². The van der Waals surface area contributed by atoms with Crippen LogP contribution in [0.2, 0.25) is 0 Å². The normalized spacial score (nSPS) is 11.0. The highest BCUT2D eigenvalue weighted by Crippen LogP contribution is 2.31. The molecule has 0 bridgehead atoms. The summed E-state index contributed by atoms with van der Waals surface area (Å²) >= 11 is 3.55. The molecule has 0 atom stereocenters. The SMILES string of the molecule is FCCCOc1ccc(-c2cn3ccccc3n2)c(Br)c1. The third-order valence-electron chi connectivity index (χ3n) is 3.13. The number of halogens is 2. The summed E-state index contributed by atoms with van der Waals surface area (Å²) in [6, 6.07) is 11.6. The van der Waals surface area contributed by atoms with E-state index in [1.54, 1.807) is 0 Å². The second-order valence-corrected chi connectivity index (χ2v) is 5.48. The standard InChI is InChI=1S/C16H14BrFN2O/c17-14-10-12(21-9-3-7-18)5-6-13(14)15-11-20-8-2-1-4-16(20)19-15/h1-2,4-6,8,10-11H,3,7,9H2. The number of rotatable bonds is 5. The van der Waals surface area contributed by atoms with Crippen molar-refractivity contribution in [2.75, 3.05) is 13.3 Å². The van der Waals surface area contributed by atoms with Gasteiger partial charge >= 0.3 is 0 Å². The van der Waals surface area contributed by atoms with Crippen molar-refractivity contribution >= 4 is 21.6 Å². The van der Waals surface area contributed by atoms with E-state index in [1.165, 1.54) is 0 Å². The number of hydrogen-bond donors (Lipinski definition) is 0. The zero-order valence-corrected chi connectivity index (χ0v) is 12.9. The van der Waals surface area contributed by atoms with E-state index in [4.69, 9.17) is 4.74 Å².